The Balaban J connectivity index is 1.31. The van der Waals surface area contributed by atoms with Crippen LogP contribution in [-0.2, 0) is 6.54 Å². The van der Waals surface area contributed by atoms with Crippen LogP contribution in [0.2, 0.25) is 0 Å². The van der Waals surface area contributed by atoms with Crippen LogP contribution in [0.15, 0.2) is 67.1 Å². The summed E-state index contributed by atoms with van der Waals surface area (Å²) in [7, 11) is 0. The molecule has 0 atom stereocenters. The van der Waals surface area contributed by atoms with E-state index in [0.29, 0.717) is 0 Å². The van der Waals surface area contributed by atoms with Crippen molar-refractivity contribution in [2.45, 2.75) is 33.2 Å². The smallest absolute Gasteiger partial charge is 0.169 e. The highest BCUT2D eigenvalue weighted by molar-refractivity contribution is 7.15. The summed E-state index contributed by atoms with van der Waals surface area (Å²) in [5.74, 6) is 0.0945. The molecule has 4 aromatic heterocycles. The lowest BCUT2D eigenvalue weighted by Crippen LogP contribution is -2.18. The van der Waals surface area contributed by atoms with Gasteiger partial charge in [0.05, 0.1) is 16.1 Å². The number of carbonyl (C=O) groups excluding carboxylic acids is 1. The van der Waals surface area contributed by atoms with Crippen molar-refractivity contribution < 1.29 is 4.79 Å². The Morgan fingerprint density at radius 1 is 1.05 bits per heavy atom. The van der Waals surface area contributed by atoms with Gasteiger partial charge in [0.15, 0.2) is 5.78 Å². The van der Waals surface area contributed by atoms with Crippen molar-refractivity contribution in [2.75, 3.05) is 13.1 Å². The SMILES string of the molecule is C/C=C(\c1c[nH]c(-c2n[nH]c3ccc(-c4cncc(CN5CCCC5)c4)cc23)c1)c1ccc(C(C)=O)s1. The van der Waals surface area contributed by atoms with E-state index in [1.54, 1.807) is 6.92 Å². The minimum absolute atomic E-state index is 0.0945. The molecule has 6 nitrogen and oxygen atoms in total. The first kappa shape index (κ1) is 23.6. The topological polar surface area (TPSA) is 77.7 Å². The highest BCUT2D eigenvalue weighted by Gasteiger charge is 2.16. The quantitative estimate of drug-likeness (QED) is 0.234. The van der Waals surface area contributed by atoms with E-state index in [0.717, 1.165) is 60.9 Å². The number of aromatic amines is 2. The zero-order valence-electron chi connectivity index (χ0n) is 21.0. The van der Waals surface area contributed by atoms with Crippen LogP contribution in [0, 0.1) is 0 Å². The average Bonchev–Trinajstić information content (AvgIpc) is 3.71. The molecular formula is C30H29N5OS. The fraction of sp³-hybridized carbons (Fsp3) is 0.233. The van der Waals surface area contributed by atoms with Gasteiger partial charge in [-0.1, -0.05) is 12.1 Å². The maximum atomic E-state index is 11.8. The van der Waals surface area contributed by atoms with Crippen LogP contribution in [-0.4, -0.2) is 43.9 Å². The number of hydrogen-bond acceptors (Lipinski definition) is 5. The average molecular weight is 508 g/mol. The molecule has 0 spiro atoms. The molecule has 5 heterocycles. The first-order valence-corrected chi connectivity index (χ1v) is 13.5. The lowest BCUT2D eigenvalue weighted by atomic mass is 10.0. The fourth-order valence-corrected chi connectivity index (χ4v) is 6.14. The number of allylic oxidation sites excluding steroid dienone is 1. The summed E-state index contributed by atoms with van der Waals surface area (Å²) in [6.45, 7) is 6.93. The van der Waals surface area contributed by atoms with E-state index in [9.17, 15) is 4.79 Å². The normalized spacial score (nSPS) is 14.6. The third kappa shape index (κ3) is 4.68. The lowest BCUT2D eigenvalue weighted by Gasteiger charge is -2.14. The minimum atomic E-state index is 0.0945. The van der Waals surface area contributed by atoms with Crippen LogP contribution < -0.4 is 0 Å². The Morgan fingerprint density at radius 2 is 1.89 bits per heavy atom. The van der Waals surface area contributed by atoms with Crippen molar-refractivity contribution in [3.63, 3.8) is 0 Å². The van der Waals surface area contributed by atoms with Crippen molar-refractivity contribution in [3.05, 3.63) is 88.0 Å². The highest BCUT2D eigenvalue weighted by atomic mass is 32.1. The second-order valence-electron chi connectivity index (χ2n) is 9.62. The first-order chi connectivity index (χ1) is 18.1. The molecule has 1 fully saturated rings. The van der Waals surface area contributed by atoms with E-state index >= 15 is 0 Å². The van der Waals surface area contributed by atoms with Crippen LogP contribution >= 0.6 is 11.3 Å². The molecule has 1 saturated heterocycles. The van der Waals surface area contributed by atoms with Gasteiger partial charge in [-0.15, -0.1) is 11.3 Å². The number of nitrogens with zero attached hydrogens (tertiary/aromatic N) is 3. The Morgan fingerprint density at radius 3 is 2.68 bits per heavy atom. The number of Topliss-reactive ketones (excluding diaryl/α,β-unsaturated/α-hetero) is 1. The number of H-pyrrole nitrogens is 2. The summed E-state index contributed by atoms with van der Waals surface area (Å²) in [6, 6.07) is 14.7. The molecule has 1 aliphatic rings. The molecule has 5 aromatic rings. The third-order valence-electron chi connectivity index (χ3n) is 7.05. The maximum Gasteiger partial charge on any atom is 0.169 e. The number of aromatic nitrogens is 4. The zero-order valence-corrected chi connectivity index (χ0v) is 21.9. The summed E-state index contributed by atoms with van der Waals surface area (Å²) >= 11 is 1.53. The molecule has 37 heavy (non-hydrogen) atoms. The van der Waals surface area contributed by atoms with Crippen molar-refractivity contribution >= 4 is 33.6 Å². The second-order valence-corrected chi connectivity index (χ2v) is 10.7. The van der Waals surface area contributed by atoms with Gasteiger partial charge in [0.25, 0.3) is 0 Å². The minimum Gasteiger partial charge on any atom is -0.359 e. The molecule has 186 valence electrons. The Hall–Kier alpha value is -3.81. The van der Waals surface area contributed by atoms with Gasteiger partial charge in [-0.3, -0.25) is 19.8 Å². The summed E-state index contributed by atoms with van der Waals surface area (Å²) in [5, 5.41) is 8.89. The second kappa shape index (κ2) is 9.92. The van der Waals surface area contributed by atoms with Gasteiger partial charge in [0.1, 0.15) is 5.69 Å². The molecule has 0 radical (unpaired) electrons. The van der Waals surface area contributed by atoms with Gasteiger partial charge in [0, 0.05) is 46.5 Å². The molecule has 0 unspecified atom stereocenters. The van der Waals surface area contributed by atoms with E-state index in [1.807, 2.05) is 37.6 Å². The van der Waals surface area contributed by atoms with E-state index in [4.69, 9.17) is 0 Å². The van der Waals surface area contributed by atoms with Crippen LogP contribution in [0.4, 0.5) is 0 Å². The van der Waals surface area contributed by atoms with Gasteiger partial charge < -0.3 is 4.98 Å². The fourth-order valence-electron chi connectivity index (χ4n) is 5.14. The molecule has 1 aliphatic heterocycles. The molecule has 1 aromatic carbocycles. The number of ketones is 1. The number of benzene rings is 1. The van der Waals surface area contributed by atoms with Crippen molar-refractivity contribution in [1.82, 2.24) is 25.1 Å². The molecule has 2 N–H and O–H groups in total. The van der Waals surface area contributed by atoms with Gasteiger partial charge in [-0.25, -0.2) is 0 Å². The highest BCUT2D eigenvalue weighted by Crippen LogP contribution is 2.34. The third-order valence-corrected chi connectivity index (χ3v) is 8.27. The van der Waals surface area contributed by atoms with Crippen molar-refractivity contribution in [3.8, 4) is 22.5 Å². The molecule has 0 aliphatic carbocycles. The van der Waals surface area contributed by atoms with Crippen LogP contribution in [0.25, 0.3) is 39.0 Å². The number of pyridine rings is 1. The number of rotatable bonds is 7. The van der Waals surface area contributed by atoms with Crippen LogP contribution in [0.1, 0.15) is 52.4 Å². The number of nitrogens with one attached hydrogen (secondary N) is 2. The Kier molecular flexibility index (Phi) is 6.32. The molecule has 0 amide bonds. The number of carbonyl (C=O) groups is 1. The predicted molar refractivity (Wildman–Crippen MR) is 151 cm³/mol. The van der Waals surface area contributed by atoms with Gasteiger partial charge in [-0.05, 0) is 92.9 Å². The predicted octanol–water partition coefficient (Wildman–Crippen LogP) is 6.93. The molecule has 0 saturated carbocycles. The standard InChI is InChI=1S/C30H29N5OS/c1-3-24(29-9-8-28(37-29)19(2)36)23-14-27(32-17-23)30-25-13-21(6-7-26(25)33-34-30)22-12-20(15-31-16-22)18-35-10-4-5-11-35/h3,6-9,12-17,32H,4-5,10-11,18H2,1-2H3,(H,33,34)/b24-3+. The molecule has 0 bridgehead atoms. The summed E-state index contributed by atoms with van der Waals surface area (Å²) in [4.78, 5) is 24.1. The van der Waals surface area contributed by atoms with Gasteiger partial charge in [0.2, 0.25) is 0 Å². The summed E-state index contributed by atoms with van der Waals surface area (Å²) < 4.78 is 0. The van der Waals surface area contributed by atoms with Crippen LogP contribution in [0.3, 0.4) is 0 Å². The van der Waals surface area contributed by atoms with E-state index in [1.165, 1.54) is 42.8 Å². The molecular weight excluding hydrogens is 478 g/mol. The Labute approximate surface area is 220 Å². The number of hydrogen-bond donors (Lipinski definition) is 2. The molecule has 7 heteroatoms. The zero-order chi connectivity index (χ0) is 25.4. The first-order valence-electron chi connectivity index (χ1n) is 12.7. The number of likely N-dealkylation sites (tertiary alicyclic amines) is 1. The van der Waals surface area contributed by atoms with Crippen molar-refractivity contribution in [2.24, 2.45) is 0 Å². The van der Waals surface area contributed by atoms with Gasteiger partial charge >= 0.3 is 0 Å². The van der Waals surface area contributed by atoms with E-state index in [2.05, 4.69) is 61.5 Å². The maximum absolute atomic E-state index is 11.8. The van der Waals surface area contributed by atoms with Gasteiger partial charge in [-0.2, -0.15) is 5.10 Å². The lowest BCUT2D eigenvalue weighted by molar-refractivity contribution is 0.102. The molecule has 6 rings (SSSR count). The number of thiophene rings is 1. The monoisotopic (exact) mass is 507 g/mol. The van der Waals surface area contributed by atoms with Crippen LogP contribution in [0.5, 0.6) is 0 Å². The summed E-state index contributed by atoms with van der Waals surface area (Å²) in [5.41, 5.74) is 8.49. The Bertz CT molecular complexity index is 1620. The van der Waals surface area contributed by atoms with E-state index in [-0.39, 0.29) is 5.78 Å². The summed E-state index contributed by atoms with van der Waals surface area (Å²) in [6.07, 6.45) is 10.6. The largest absolute Gasteiger partial charge is 0.359 e. The van der Waals surface area contributed by atoms with E-state index < -0.39 is 0 Å². The number of fused-ring (bicyclic) bond motifs is 1. The van der Waals surface area contributed by atoms with Crippen molar-refractivity contribution in [1.29, 1.82) is 0 Å².